The summed E-state index contributed by atoms with van der Waals surface area (Å²) in [6, 6.07) is 12.9. The van der Waals surface area contributed by atoms with Crippen LogP contribution in [-0.4, -0.2) is 20.7 Å². The molecule has 1 amide bonds. The number of anilines is 1. The molecule has 0 saturated heterocycles. The lowest BCUT2D eigenvalue weighted by atomic mass is 10.1. The van der Waals surface area contributed by atoms with Crippen molar-refractivity contribution in [3.8, 4) is 11.5 Å². The van der Waals surface area contributed by atoms with Crippen LogP contribution >= 0.6 is 0 Å². The molecule has 3 heterocycles. The third-order valence-electron chi connectivity index (χ3n) is 3.70. The van der Waals surface area contributed by atoms with Gasteiger partial charge in [0.25, 0.3) is 5.91 Å². The van der Waals surface area contributed by atoms with Gasteiger partial charge in [0.15, 0.2) is 5.76 Å². The second-order valence-corrected chi connectivity index (χ2v) is 5.41. The fourth-order valence-corrected chi connectivity index (χ4v) is 2.60. The first-order valence-electron chi connectivity index (χ1n) is 7.44. The molecule has 4 aromatic rings. The second-order valence-electron chi connectivity index (χ2n) is 5.41. The third-order valence-corrected chi connectivity index (χ3v) is 3.70. The van der Waals surface area contributed by atoms with Crippen molar-refractivity contribution in [2.75, 3.05) is 5.32 Å². The van der Waals surface area contributed by atoms with Crippen LogP contribution in [0.1, 0.15) is 10.4 Å². The summed E-state index contributed by atoms with van der Waals surface area (Å²) in [5.41, 5.74) is 2.54. The van der Waals surface area contributed by atoms with Crippen LogP contribution < -0.4 is 5.32 Å². The maximum absolute atomic E-state index is 12.8. The number of para-hydroxylation sites is 1. The molecule has 6 nitrogen and oxygen atoms in total. The van der Waals surface area contributed by atoms with Gasteiger partial charge in [0.2, 0.25) is 0 Å². The fourth-order valence-electron chi connectivity index (χ4n) is 2.60. The minimum absolute atomic E-state index is 0.214. The SMILES string of the molecule is Cn1cc(NC(=O)c2cc(-c3ccco3)nc3ccccc23)cn1. The van der Waals surface area contributed by atoms with Crippen LogP contribution in [0.5, 0.6) is 0 Å². The van der Waals surface area contributed by atoms with Crippen LogP contribution in [0, 0.1) is 0 Å². The summed E-state index contributed by atoms with van der Waals surface area (Å²) >= 11 is 0. The van der Waals surface area contributed by atoms with Gasteiger partial charge in [-0.1, -0.05) is 18.2 Å². The number of hydrogen-bond acceptors (Lipinski definition) is 4. The number of nitrogens with zero attached hydrogens (tertiary/aromatic N) is 3. The number of carbonyl (C=O) groups is 1. The Morgan fingerprint density at radius 2 is 2.08 bits per heavy atom. The first kappa shape index (κ1) is 14.2. The van der Waals surface area contributed by atoms with Crippen LogP contribution in [-0.2, 0) is 7.05 Å². The van der Waals surface area contributed by atoms with E-state index in [0.717, 1.165) is 10.9 Å². The third kappa shape index (κ3) is 2.54. The van der Waals surface area contributed by atoms with E-state index in [9.17, 15) is 4.79 Å². The molecule has 1 N–H and O–H groups in total. The summed E-state index contributed by atoms with van der Waals surface area (Å²) in [6.07, 6.45) is 4.94. The summed E-state index contributed by atoms with van der Waals surface area (Å²) in [4.78, 5) is 17.3. The molecule has 0 unspecified atom stereocenters. The lowest BCUT2D eigenvalue weighted by molar-refractivity contribution is 0.102. The summed E-state index contributed by atoms with van der Waals surface area (Å²) in [7, 11) is 1.80. The van der Waals surface area contributed by atoms with Crippen molar-refractivity contribution in [3.63, 3.8) is 0 Å². The molecule has 118 valence electrons. The van der Waals surface area contributed by atoms with E-state index in [-0.39, 0.29) is 5.91 Å². The topological polar surface area (TPSA) is 73.0 Å². The number of hydrogen-bond donors (Lipinski definition) is 1. The van der Waals surface area contributed by atoms with Crippen LogP contribution in [0.4, 0.5) is 5.69 Å². The van der Waals surface area contributed by atoms with E-state index in [1.54, 1.807) is 42.5 Å². The number of furan rings is 1. The smallest absolute Gasteiger partial charge is 0.256 e. The van der Waals surface area contributed by atoms with Gasteiger partial charge in [-0.25, -0.2) is 4.98 Å². The number of benzene rings is 1. The highest BCUT2D eigenvalue weighted by atomic mass is 16.3. The Morgan fingerprint density at radius 3 is 2.83 bits per heavy atom. The average Bonchev–Trinajstić information content (AvgIpc) is 3.25. The molecule has 24 heavy (non-hydrogen) atoms. The van der Waals surface area contributed by atoms with E-state index in [1.165, 1.54) is 0 Å². The molecule has 3 aromatic heterocycles. The standard InChI is InChI=1S/C18H14N4O2/c1-22-11-12(10-19-22)20-18(23)14-9-16(17-7-4-8-24-17)21-15-6-3-2-5-13(14)15/h2-11H,1H3,(H,20,23). The zero-order chi connectivity index (χ0) is 16.5. The molecule has 0 aliphatic heterocycles. The molecule has 6 heteroatoms. The van der Waals surface area contributed by atoms with Crippen molar-refractivity contribution in [2.24, 2.45) is 7.05 Å². The minimum Gasteiger partial charge on any atom is -0.463 e. The van der Waals surface area contributed by atoms with Gasteiger partial charge in [0.05, 0.1) is 29.2 Å². The molecular weight excluding hydrogens is 304 g/mol. The number of carbonyl (C=O) groups excluding carboxylic acids is 1. The Morgan fingerprint density at radius 1 is 1.21 bits per heavy atom. The molecule has 1 aromatic carbocycles. The molecular formula is C18H14N4O2. The first-order valence-corrected chi connectivity index (χ1v) is 7.44. The number of aryl methyl sites for hydroxylation is 1. The Bertz CT molecular complexity index is 1020. The molecule has 0 spiro atoms. The Balaban J connectivity index is 1.82. The van der Waals surface area contributed by atoms with Gasteiger partial charge >= 0.3 is 0 Å². The van der Waals surface area contributed by atoms with Gasteiger partial charge in [-0.3, -0.25) is 9.48 Å². The molecule has 4 rings (SSSR count). The van der Waals surface area contributed by atoms with Crippen molar-refractivity contribution in [2.45, 2.75) is 0 Å². The molecule has 0 aliphatic carbocycles. The largest absolute Gasteiger partial charge is 0.463 e. The van der Waals surface area contributed by atoms with Crippen molar-refractivity contribution in [1.29, 1.82) is 0 Å². The van der Waals surface area contributed by atoms with Gasteiger partial charge in [0, 0.05) is 18.6 Å². The Labute approximate surface area is 137 Å². The van der Waals surface area contributed by atoms with E-state index in [0.29, 0.717) is 22.7 Å². The number of aromatic nitrogens is 3. The number of fused-ring (bicyclic) bond motifs is 1. The summed E-state index contributed by atoms with van der Waals surface area (Å²) in [5, 5.41) is 7.71. The molecule has 0 atom stereocenters. The Hall–Kier alpha value is -3.41. The number of amides is 1. The van der Waals surface area contributed by atoms with E-state index >= 15 is 0 Å². The van der Waals surface area contributed by atoms with Crippen LogP contribution in [0.3, 0.4) is 0 Å². The minimum atomic E-state index is -0.214. The lowest BCUT2D eigenvalue weighted by Gasteiger charge is -2.08. The van der Waals surface area contributed by atoms with Gasteiger partial charge in [-0.2, -0.15) is 5.10 Å². The van der Waals surface area contributed by atoms with E-state index in [2.05, 4.69) is 15.4 Å². The van der Waals surface area contributed by atoms with E-state index in [4.69, 9.17) is 4.42 Å². The maximum Gasteiger partial charge on any atom is 0.256 e. The number of nitrogens with one attached hydrogen (secondary N) is 1. The second kappa shape index (κ2) is 5.66. The molecule has 0 fully saturated rings. The van der Waals surface area contributed by atoms with Crippen LogP contribution in [0.15, 0.2) is 65.5 Å². The van der Waals surface area contributed by atoms with Crippen LogP contribution in [0.25, 0.3) is 22.4 Å². The lowest BCUT2D eigenvalue weighted by Crippen LogP contribution is -2.12. The van der Waals surface area contributed by atoms with Gasteiger partial charge < -0.3 is 9.73 Å². The molecule has 0 radical (unpaired) electrons. The fraction of sp³-hybridized carbons (Fsp3) is 0.0556. The Kier molecular flexibility index (Phi) is 3.35. The van der Waals surface area contributed by atoms with Crippen molar-refractivity contribution in [3.05, 3.63) is 66.7 Å². The zero-order valence-corrected chi connectivity index (χ0v) is 12.9. The maximum atomic E-state index is 12.8. The zero-order valence-electron chi connectivity index (χ0n) is 12.9. The first-order chi connectivity index (χ1) is 11.7. The average molecular weight is 318 g/mol. The summed E-state index contributed by atoms with van der Waals surface area (Å²) in [6.45, 7) is 0. The molecule has 0 aliphatic rings. The molecule has 0 saturated carbocycles. The van der Waals surface area contributed by atoms with Crippen molar-refractivity contribution >= 4 is 22.5 Å². The molecule has 0 bridgehead atoms. The van der Waals surface area contributed by atoms with Crippen molar-refractivity contribution in [1.82, 2.24) is 14.8 Å². The van der Waals surface area contributed by atoms with Gasteiger partial charge in [-0.15, -0.1) is 0 Å². The summed E-state index contributed by atoms with van der Waals surface area (Å²) < 4.78 is 7.05. The highest BCUT2D eigenvalue weighted by Gasteiger charge is 2.15. The predicted molar refractivity (Wildman–Crippen MR) is 90.6 cm³/mol. The van der Waals surface area contributed by atoms with E-state index in [1.807, 2.05) is 30.3 Å². The highest BCUT2D eigenvalue weighted by Crippen LogP contribution is 2.25. The normalized spacial score (nSPS) is 10.9. The van der Waals surface area contributed by atoms with Gasteiger partial charge in [-0.05, 0) is 24.3 Å². The predicted octanol–water partition coefficient (Wildman–Crippen LogP) is 3.48. The van der Waals surface area contributed by atoms with E-state index < -0.39 is 0 Å². The monoisotopic (exact) mass is 318 g/mol. The van der Waals surface area contributed by atoms with Crippen LogP contribution in [0.2, 0.25) is 0 Å². The van der Waals surface area contributed by atoms with Crippen molar-refractivity contribution < 1.29 is 9.21 Å². The summed E-state index contributed by atoms with van der Waals surface area (Å²) in [5.74, 6) is 0.408. The quantitative estimate of drug-likeness (QED) is 0.627. The highest BCUT2D eigenvalue weighted by molar-refractivity contribution is 6.12. The number of pyridine rings is 1. The number of rotatable bonds is 3. The van der Waals surface area contributed by atoms with Gasteiger partial charge in [0.1, 0.15) is 5.69 Å².